The van der Waals surface area contributed by atoms with Crippen LogP contribution in [0, 0.1) is 0 Å². The van der Waals surface area contributed by atoms with Gasteiger partial charge >= 0.3 is 0 Å². The third-order valence-corrected chi connectivity index (χ3v) is 2.56. The van der Waals surface area contributed by atoms with E-state index in [9.17, 15) is 0 Å². The van der Waals surface area contributed by atoms with Gasteiger partial charge < -0.3 is 9.84 Å². The molecule has 2 aromatic rings. The summed E-state index contributed by atoms with van der Waals surface area (Å²) in [5.41, 5.74) is 0.844. The molecule has 0 atom stereocenters. The van der Waals surface area contributed by atoms with Crippen LogP contribution in [-0.4, -0.2) is 15.1 Å². The van der Waals surface area contributed by atoms with Crippen LogP contribution >= 0.6 is 15.9 Å². The first kappa shape index (κ1) is 12.0. The summed E-state index contributed by atoms with van der Waals surface area (Å²) in [5, 5.41) is 7.00. The summed E-state index contributed by atoms with van der Waals surface area (Å²) in [7, 11) is 0. The molecule has 0 amide bonds. The van der Waals surface area contributed by atoms with Crippen LogP contribution in [0.3, 0.4) is 0 Å². The van der Waals surface area contributed by atoms with Gasteiger partial charge in [-0.25, -0.2) is 9.97 Å². The van der Waals surface area contributed by atoms with E-state index >= 15 is 0 Å². The Hall–Kier alpha value is -1.43. The highest BCUT2D eigenvalue weighted by Gasteiger charge is 2.03. The molecule has 90 valence electrons. The predicted molar refractivity (Wildman–Crippen MR) is 67.6 cm³/mol. The maximum atomic E-state index is 4.76. The fourth-order valence-corrected chi connectivity index (χ4v) is 1.82. The van der Waals surface area contributed by atoms with Crippen molar-refractivity contribution >= 4 is 21.7 Å². The molecule has 0 fully saturated rings. The third-order valence-electron chi connectivity index (χ3n) is 2.16. The van der Waals surface area contributed by atoms with Gasteiger partial charge in [-0.05, 0) is 22.4 Å². The van der Waals surface area contributed by atoms with Crippen LogP contribution in [0.5, 0.6) is 0 Å². The minimum atomic E-state index is 0.589. The normalized spacial score (nSPS) is 10.5. The van der Waals surface area contributed by atoms with Crippen LogP contribution in [0.1, 0.15) is 24.9 Å². The van der Waals surface area contributed by atoms with Crippen molar-refractivity contribution in [2.75, 3.05) is 5.32 Å². The molecular formula is C11H13BrN4O. The summed E-state index contributed by atoms with van der Waals surface area (Å²) in [4.78, 5) is 8.71. The number of aromatic nitrogens is 3. The number of hydrogen-bond acceptors (Lipinski definition) is 5. The Morgan fingerprint density at radius 2 is 2.29 bits per heavy atom. The molecule has 1 N–H and O–H groups in total. The summed E-state index contributed by atoms with van der Waals surface area (Å²) < 4.78 is 5.55. The topological polar surface area (TPSA) is 63.8 Å². The van der Waals surface area contributed by atoms with Gasteiger partial charge in [0.1, 0.15) is 28.2 Å². The second-order valence-electron chi connectivity index (χ2n) is 3.59. The average Bonchev–Trinajstić information content (AvgIpc) is 2.79. The molecule has 5 nitrogen and oxygen atoms in total. The van der Waals surface area contributed by atoms with Crippen molar-refractivity contribution in [3.63, 3.8) is 0 Å². The second kappa shape index (κ2) is 5.77. The Morgan fingerprint density at radius 3 is 3.00 bits per heavy atom. The highest BCUT2D eigenvalue weighted by Crippen LogP contribution is 2.14. The Balaban J connectivity index is 2.04. The van der Waals surface area contributed by atoms with Gasteiger partial charge in [-0.3, -0.25) is 0 Å². The molecule has 0 aliphatic carbocycles. The zero-order valence-electron chi connectivity index (χ0n) is 9.48. The molecule has 0 saturated heterocycles. The maximum absolute atomic E-state index is 4.76. The van der Waals surface area contributed by atoms with Crippen molar-refractivity contribution in [1.29, 1.82) is 0 Å². The standard InChI is InChI=1S/C11H13BrN4O/c1-2-3-10-14-9(12)6-11(15-10)13-7-8-4-5-17-16-8/h4-6H,2-3,7H2,1H3,(H,13,14,15). The van der Waals surface area contributed by atoms with Crippen LogP contribution in [0.15, 0.2) is 27.5 Å². The Morgan fingerprint density at radius 1 is 1.41 bits per heavy atom. The van der Waals surface area contributed by atoms with E-state index in [1.165, 1.54) is 0 Å². The summed E-state index contributed by atoms with van der Waals surface area (Å²) >= 11 is 3.38. The molecule has 2 heterocycles. The molecule has 17 heavy (non-hydrogen) atoms. The average molecular weight is 297 g/mol. The van der Waals surface area contributed by atoms with E-state index in [2.05, 4.69) is 43.3 Å². The van der Waals surface area contributed by atoms with Crippen molar-refractivity contribution in [1.82, 2.24) is 15.1 Å². The Labute approximate surface area is 108 Å². The van der Waals surface area contributed by atoms with Gasteiger partial charge in [-0.1, -0.05) is 12.1 Å². The van der Waals surface area contributed by atoms with Crippen LogP contribution in [0.4, 0.5) is 5.82 Å². The van der Waals surface area contributed by atoms with Gasteiger partial charge in [0.25, 0.3) is 0 Å². The molecule has 0 aliphatic heterocycles. The molecule has 0 spiro atoms. The van der Waals surface area contributed by atoms with Gasteiger partial charge in [0.15, 0.2) is 0 Å². The van der Waals surface area contributed by atoms with E-state index in [1.807, 2.05) is 12.1 Å². The minimum absolute atomic E-state index is 0.589. The van der Waals surface area contributed by atoms with Crippen LogP contribution in [0.25, 0.3) is 0 Å². The molecule has 0 aromatic carbocycles. The molecule has 0 unspecified atom stereocenters. The smallest absolute Gasteiger partial charge is 0.132 e. The maximum Gasteiger partial charge on any atom is 0.132 e. The zero-order chi connectivity index (χ0) is 12.1. The zero-order valence-corrected chi connectivity index (χ0v) is 11.1. The van der Waals surface area contributed by atoms with Gasteiger partial charge in [-0.15, -0.1) is 0 Å². The van der Waals surface area contributed by atoms with E-state index in [1.54, 1.807) is 6.26 Å². The molecule has 0 bridgehead atoms. The number of hydrogen-bond donors (Lipinski definition) is 1. The second-order valence-corrected chi connectivity index (χ2v) is 4.40. The Kier molecular flexibility index (Phi) is 4.08. The number of rotatable bonds is 5. The first-order valence-electron chi connectivity index (χ1n) is 5.44. The molecule has 0 saturated carbocycles. The van der Waals surface area contributed by atoms with Crippen LogP contribution in [0.2, 0.25) is 0 Å². The van der Waals surface area contributed by atoms with Crippen LogP contribution < -0.4 is 5.32 Å². The molecular weight excluding hydrogens is 284 g/mol. The van der Waals surface area contributed by atoms with Crippen molar-refractivity contribution in [2.24, 2.45) is 0 Å². The van der Waals surface area contributed by atoms with Gasteiger partial charge in [-0.2, -0.15) is 0 Å². The summed E-state index contributed by atoms with van der Waals surface area (Å²) in [6.45, 7) is 2.69. The van der Waals surface area contributed by atoms with Crippen molar-refractivity contribution in [3.8, 4) is 0 Å². The molecule has 0 aliphatic rings. The SMILES string of the molecule is CCCc1nc(Br)cc(NCc2ccon2)n1. The largest absolute Gasteiger partial charge is 0.364 e. The molecule has 6 heteroatoms. The minimum Gasteiger partial charge on any atom is -0.364 e. The summed E-state index contributed by atoms with van der Waals surface area (Å²) in [6, 6.07) is 3.66. The number of aryl methyl sites for hydroxylation is 1. The van der Waals surface area contributed by atoms with Crippen LogP contribution in [-0.2, 0) is 13.0 Å². The quantitative estimate of drug-likeness (QED) is 0.860. The van der Waals surface area contributed by atoms with Crippen molar-refractivity contribution < 1.29 is 4.52 Å². The highest BCUT2D eigenvalue weighted by atomic mass is 79.9. The lowest BCUT2D eigenvalue weighted by Gasteiger charge is -2.05. The first-order chi connectivity index (χ1) is 8.28. The molecule has 2 aromatic heterocycles. The number of halogens is 1. The fraction of sp³-hybridized carbons (Fsp3) is 0.364. The van der Waals surface area contributed by atoms with Gasteiger partial charge in [0, 0.05) is 18.6 Å². The lowest BCUT2D eigenvalue weighted by molar-refractivity contribution is 0.412. The molecule has 0 radical (unpaired) electrons. The number of nitrogens with zero attached hydrogens (tertiary/aromatic N) is 3. The van der Waals surface area contributed by atoms with Crippen molar-refractivity contribution in [2.45, 2.75) is 26.3 Å². The summed E-state index contributed by atoms with van der Waals surface area (Å²) in [6.07, 6.45) is 3.45. The van der Waals surface area contributed by atoms with E-state index in [4.69, 9.17) is 4.52 Å². The highest BCUT2D eigenvalue weighted by molar-refractivity contribution is 9.10. The van der Waals surface area contributed by atoms with E-state index in [-0.39, 0.29) is 0 Å². The third kappa shape index (κ3) is 3.52. The number of nitrogens with one attached hydrogen (secondary N) is 1. The predicted octanol–water partition coefficient (Wildman–Crippen LogP) is 2.79. The lowest BCUT2D eigenvalue weighted by atomic mass is 10.3. The Bertz CT molecular complexity index is 472. The first-order valence-corrected chi connectivity index (χ1v) is 6.24. The lowest BCUT2D eigenvalue weighted by Crippen LogP contribution is -2.05. The molecule has 2 rings (SSSR count). The van der Waals surface area contributed by atoms with E-state index < -0.39 is 0 Å². The van der Waals surface area contributed by atoms with E-state index in [0.29, 0.717) is 6.54 Å². The van der Waals surface area contributed by atoms with Gasteiger partial charge in [0.2, 0.25) is 0 Å². The van der Waals surface area contributed by atoms with Crippen molar-refractivity contribution in [3.05, 3.63) is 34.5 Å². The van der Waals surface area contributed by atoms with Gasteiger partial charge in [0.05, 0.1) is 6.54 Å². The fourth-order valence-electron chi connectivity index (χ4n) is 1.40. The van der Waals surface area contributed by atoms with E-state index in [0.717, 1.165) is 34.8 Å². The summed E-state index contributed by atoms with van der Waals surface area (Å²) in [5.74, 6) is 1.63. The monoisotopic (exact) mass is 296 g/mol. The number of anilines is 1.